The van der Waals surface area contributed by atoms with Crippen molar-refractivity contribution in [2.24, 2.45) is 5.92 Å². The van der Waals surface area contributed by atoms with Crippen LogP contribution >= 0.6 is 11.3 Å². The first-order chi connectivity index (χ1) is 17.0. The second-order valence-corrected chi connectivity index (χ2v) is 10.1. The molecule has 1 fully saturated rings. The lowest BCUT2D eigenvalue weighted by molar-refractivity contribution is -0.121. The summed E-state index contributed by atoms with van der Waals surface area (Å²) in [5.74, 6) is -0.0964. The summed E-state index contributed by atoms with van der Waals surface area (Å²) in [6.45, 7) is 4.76. The van der Waals surface area contributed by atoms with Crippen molar-refractivity contribution in [3.05, 3.63) is 89.5 Å². The SMILES string of the molecule is Cc1ccc(C(=O)Nc2nc3ccc(NC(=O)C4CCN(Cc5ccccc5)CC4)cc3s2)cc1. The second-order valence-electron chi connectivity index (χ2n) is 9.05. The Balaban J connectivity index is 1.17. The van der Waals surface area contributed by atoms with Crippen LogP contribution in [0.1, 0.15) is 34.3 Å². The Morgan fingerprint density at radius 1 is 0.971 bits per heavy atom. The van der Waals surface area contributed by atoms with Crippen molar-refractivity contribution < 1.29 is 9.59 Å². The van der Waals surface area contributed by atoms with Crippen molar-refractivity contribution >= 4 is 44.2 Å². The number of benzene rings is 3. The van der Waals surface area contributed by atoms with Gasteiger partial charge in [0.05, 0.1) is 10.2 Å². The van der Waals surface area contributed by atoms with Gasteiger partial charge in [0.15, 0.2) is 5.13 Å². The maximum absolute atomic E-state index is 12.9. The first kappa shape index (κ1) is 23.2. The molecule has 0 unspecified atom stereocenters. The summed E-state index contributed by atoms with van der Waals surface area (Å²) in [4.78, 5) is 32.3. The molecule has 0 spiro atoms. The first-order valence-corrected chi connectivity index (χ1v) is 12.7. The van der Waals surface area contributed by atoms with E-state index in [1.807, 2.05) is 43.3 Å². The number of carbonyl (C=O) groups is 2. The van der Waals surface area contributed by atoms with E-state index in [2.05, 4.69) is 44.8 Å². The van der Waals surface area contributed by atoms with Crippen molar-refractivity contribution in [3.63, 3.8) is 0 Å². The van der Waals surface area contributed by atoms with Crippen molar-refractivity contribution in [2.45, 2.75) is 26.3 Å². The minimum absolute atomic E-state index is 0.0172. The first-order valence-electron chi connectivity index (χ1n) is 11.9. The maximum atomic E-state index is 12.9. The molecule has 0 atom stereocenters. The number of hydrogen-bond acceptors (Lipinski definition) is 5. The summed E-state index contributed by atoms with van der Waals surface area (Å²) >= 11 is 1.40. The van der Waals surface area contributed by atoms with Crippen molar-refractivity contribution in [3.8, 4) is 0 Å². The number of aryl methyl sites for hydroxylation is 1. The van der Waals surface area contributed by atoms with Crippen LogP contribution in [0.4, 0.5) is 10.8 Å². The predicted molar refractivity (Wildman–Crippen MR) is 142 cm³/mol. The number of carbonyl (C=O) groups excluding carboxylic acids is 2. The summed E-state index contributed by atoms with van der Waals surface area (Å²) in [6, 6.07) is 23.6. The van der Waals surface area contributed by atoms with Crippen LogP contribution in [0.2, 0.25) is 0 Å². The number of nitrogens with one attached hydrogen (secondary N) is 2. The van der Waals surface area contributed by atoms with Crippen LogP contribution in [0.5, 0.6) is 0 Å². The van der Waals surface area contributed by atoms with Crippen molar-refractivity contribution in [1.29, 1.82) is 0 Å². The summed E-state index contributed by atoms with van der Waals surface area (Å²) in [7, 11) is 0. The third-order valence-corrected chi connectivity index (χ3v) is 7.33. The van der Waals surface area contributed by atoms with E-state index in [0.29, 0.717) is 10.7 Å². The number of thiazole rings is 1. The molecule has 1 aliphatic heterocycles. The summed E-state index contributed by atoms with van der Waals surface area (Å²) < 4.78 is 0.916. The molecule has 35 heavy (non-hydrogen) atoms. The van der Waals surface area contributed by atoms with Gasteiger partial charge < -0.3 is 5.32 Å². The quantitative estimate of drug-likeness (QED) is 0.368. The molecule has 1 aliphatic rings. The zero-order chi connectivity index (χ0) is 24.2. The highest BCUT2D eigenvalue weighted by Gasteiger charge is 2.25. The standard InChI is InChI=1S/C28H28N4O2S/c1-19-7-9-21(10-8-19)27(34)31-28-30-24-12-11-23(17-25(24)35-28)29-26(33)22-13-15-32(16-14-22)18-20-5-3-2-4-6-20/h2-12,17,22H,13-16,18H2,1H3,(H,29,33)(H,30,31,34). The molecule has 1 saturated heterocycles. The van der Waals surface area contributed by atoms with Gasteiger partial charge in [-0.25, -0.2) is 4.98 Å². The van der Waals surface area contributed by atoms with E-state index in [1.165, 1.54) is 16.9 Å². The van der Waals surface area contributed by atoms with E-state index in [0.717, 1.165) is 53.9 Å². The van der Waals surface area contributed by atoms with Crippen molar-refractivity contribution in [1.82, 2.24) is 9.88 Å². The number of aromatic nitrogens is 1. The van der Waals surface area contributed by atoms with Crippen LogP contribution in [0.3, 0.4) is 0 Å². The van der Waals surface area contributed by atoms with Gasteiger partial charge in [-0.1, -0.05) is 59.4 Å². The number of amides is 2. The minimum atomic E-state index is -0.184. The Labute approximate surface area is 209 Å². The molecule has 4 aromatic rings. The molecule has 6 nitrogen and oxygen atoms in total. The van der Waals surface area contributed by atoms with Crippen LogP contribution < -0.4 is 10.6 Å². The fraction of sp³-hybridized carbons (Fsp3) is 0.250. The highest BCUT2D eigenvalue weighted by atomic mass is 32.1. The van der Waals surface area contributed by atoms with Gasteiger partial charge >= 0.3 is 0 Å². The van der Waals surface area contributed by atoms with Gasteiger partial charge in [0, 0.05) is 23.7 Å². The Morgan fingerprint density at radius 2 is 1.71 bits per heavy atom. The highest BCUT2D eigenvalue weighted by Crippen LogP contribution is 2.29. The van der Waals surface area contributed by atoms with Gasteiger partial charge in [-0.05, 0) is 68.8 Å². The molecule has 178 valence electrons. The summed E-state index contributed by atoms with van der Waals surface area (Å²) in [6.07, 6.45) is 1.72. The predicted octanol–water partition coefficient (Wildman–Crippen LogP) is 5.71. The molecule has 2 heterocycles. The fourth-order valence-corrected chi connectivity index (χ4v) is 5.27. The second kappa shape index (κ2) is 10.4. The van der Waals surface area contributed by atoms with E-state index in [4.69, 9.17) is 0 Å². The monoisotopic (exact) mass is 484 g/mol. The summed E-state index contributed by atoms with van der Waals surface area (Å²) in [5, 5.41) is 6.50. The molecular weight excluding hydrogens is 456 g/mol. The average Bonchev–Trinajstić information content (AvgIpc) is 3.27. The van der Waals surface area contributed by atoms with E-state index in [1.54, 1.807) is 12.1 Å². The van der Waals surface area contributed by atoms with Crippen LogP contribution in [0.25, 0.3) is 10.2 Å². The van der Waals surface area contributed by atoms with Gasteiger partial charge in [-0.3, -0.25) is 19.8 Å². The lowest BCUT2D eigenvalue weighted by atomic mass is 9.95. The largest absolute Gasteiger partial charge is 0.326 e. The van der Waals surface area contributed by atoms with Gasteiger partial charge in [-0.2, -0.15) is 0 Å². The molecule has 0 saturated carbocycles. The molecule has 7 heteroatoms. The molecule has 2 N–H and O–H groups in total. The Kier molecular flexibility index (Phi) is 6.88. The summed E-state index contributed by atoms with van der Waals surface area (Å²) in [5.41, 5.74) is 4.56. The molecule has 3 aromatic carbocycles. The number of piperidine rings is 1. The van der Waals surface area contributed by atoms with Crippen LogP contribution in [-0.2, 0) is 11.3 Å². The number of anilines is 2. The molecule has 2 amide bonds. The Bertz CT molecular complexity index is 1330. The van der Waals surface area contributed by atoms with E-state index in [-0.39, 0.29) is 17.7 Å². The molecule has 5 rings (SSSR count). The molecule has 0 radical (unpaired) electrons. The molecular formula is C28H28N4O2S. The van der Waals surface area contributed by atoms with Crippen molar-refractivity contribution in [2.75, 3.05) is 23.7 Å². The van der Waals surface area contributed by atoms with Crippen LogP contribution in [0, 0.1) is 12.8 Å². The lowest BCUT2D eigenvalue weighted by Crippen LogP contribution is -2.37. The van der Waals surface area contributed by atoms with Gasteiger partial charge in [-0.15, -0.1) is 0 Å². The zero-order valence-corrected chi connectivity index (χ0v) is 20.5. The van der Waals surface area contributed by atoms with Gasteiger partial charge in [0.25, 0.3) is 5.91 Å². The number of nitrogens with zero attached hydrogens (tertiary/aromatic N) is 2. The zero-order valence-electron chi connectivity index (χ0n) is 19.7. The number of hydrogen-bond donors (Lipinski definition) is 2. The molecule has 1 aromatic heterocycles. The smallest absolute Gasteiger partial charge is 0.257 e. The number of rotatable bonds is 6. The van der Waals surface area contributed by atoms with E-state index in [9.17, 15) is 9.59 Å². The third kappa shape index (κ3) is 5.75. The normalized spacial score (nSPS) is 14.7. The molecule has 0 aliphatic carbocycles. The Morgan fingerprint density at radius 3 is 2.46 bits per heavy atom. The fourth-order valence-electron chi connectivity index (χ4n) is 4.37. The van der Waals surface area contributed by atoms with E-state index < -0.39 is 0 Å². The highest BCUT2D eigenvalue weighted by molar-refractivity contribution is 7.22. The average molecular weight is 485 g/mol. The third-order valence-electron chi connectivity index (χ3n) is 6.40. The topological polar surface area (TPSA) is 74.3 Å². The number of likely N-dealkylation sites (tertiary alicyclic amines) is 1. The van der Waals surface area contributed by atoms with Crippen LogP contribution in [0.15, 0.2) is 72.8 Å². The minimum Gasteiger partial charge on any atom is -0.326 e. The lowest BCUT2D eigenvalue weighted by Gasteiger charge is -2.31. The van der Waals surface area contributed by atoms with Gasteiger partial charge in [0.2, 0.25) is 5.91 Å². The number of fused-ring (bicyclic) bond motifs is 1. The van der Waals surface area contributed by atoms with Crippen LogP contribution in [-0.4, -0.2) is 34.8 Å². The van der Waals surface area contributed by atoms with Gasteiger partial charge in [0.1, 0.15) is 0 Å². The Hall–Kier alpha value is -3.55. The molecule has 0 bridgehead atoms. The van der Waals surface area contributed by atoms with E-state index >= 15 is 0 Å². The maximum Gasteiger partial charge on any atom is 0.257 e.